The summed E-state index contributed by atoms with van der Waals surface area (Å²) in [5.74, 6) is 0.637. The molecule has 1 aromatic carbocycles. The van der Waals surface area contributed by atoms with Crippen LogP contribution in [0.15, 0.2) is 29.2 Å². The van der Waals surface area contributed by atoms with E-state index in [0.29, 0.717) is 24.0 Å². The van der Waals surface area contributed by atoms with Crippen LogP contribution >= 0.6 is 11.6 Å². The number of rotatable bonds is 9. The second kappa shape index (κ2) is 8.40. The standard InChI is InChI=1S/C13H20ClNO3S/c1-2-19(16,17)13-6-4-12(5-7-13)15-9-3-10-18-11-8-14/h4-7,15H,2-3,8-11H2,1H3. The molecule has 1 aromatic rings. The predicted molar refractivity (Wildman–Crippen MR) is 78.8 cm³/mol. The molecule has 0 saturated carbocycles. The van der Waals surface area contributed by atoms with Crippen LogP contribution in [0.2, 0.25) is 0 Å². The van der Waals surface area contributed by atoms with Crippen LogP contribution in [0, 0.1) is 0 Å². The zero-order chi connectivity index (χ0) is 14.1. The van der Waals surface area contributed by atoms with Gasteiger partial charge in [-0.25, -0.2) is 8.42 Å². The molecule has 0 heterocycles. The second-order valence-corrected chi connectivity index (χ2v) is 6.67. The fourth-order valence-electron chi connectivity index (χ4n) is 1.51. The zero-order valence-corrected chi connectivity index (χ0v) is 12.6. The SMILES string of the molecule is CCS(=O)(=O)c1ccc(NCCCOCCCl)cc1. The molecule has 0 fully saturated rings. The Bertz CT molecular complexity index is 459. The molecule has 0 spiro atoms. The van der Waals surface area contributed by atoms with Crippen molar-refractivity contribution in [1.82, 2.24) is 0 Å². The van der Waals surface area contributed by atoms with Gasteiger partial charge in [0.25, 0.3) is 0 Å². The van der Waals surface area contributed by atoms with E-state index in [9.17, 15) is 8.42 Å². The zero-order valence-electron chi connectivity index (χ0n) is 11.1. The highest BCUT2D eigenvalue weighted by atomic mass is 35.5. The monoisotopic (exact) mass is 305 g/mol. The Balaban J connectivity index is 2.37. The Morgan fingerprint density at radius 2 is 1.89 bits per heavy atom. The summed E-state index contributed by atoms with van der Waals surface area (Å²) < 4.78 is 28.5. The Labute approximate surface area is 120 Å². The summed E-state index contributed by atoms with van der Waals surface area (Å²) in [6.07, 6.45) is 0.881. The molecule has 0 bridgehead atoms. The quantitative estimate of drug-likeness (QED) is 0.563. The van der Waals surface area contributed by atoms with Crippen molar-refractivity contribution in [2.75, 3.05) is 36.7 Å². The van der Waals surface area contributed by atoms with E-state index in [4.69, 9.17) is 16.3 Å². The normalized spacial score (nSPS) is 11.5. The van der Waals surface area contributed by atoms with E-state index in [0.717, 1.165) is 18.7 Å². The van der Waals surface area contributed by atoms with E-state index in [1.165, 1.54) is 0 Å². The average Bonchev–Trinajstić information content (AvgIpc) is 2.43. The van der Waals surface area contributed by atoms with Crippen molar-refractivity contribution in [3.05, 3.63) is 24.3 Å². The van der Waals surface area contributed by atoms with E-state index >= 15 is 0 Å². The van der Waals surface area contributed by atoms with Crippen LogP contribution in [0.3, 0.4) is 0 Å². The maximum Gasteiger partial charge on any atom is 0.178 e. The lowest BCUT2D eigenvalue weighted by Crippen LogP contribution is -2.07. The first kappa shape index (κ1) is 16.3. The van der Waals surface area contributed by atoms with Gasteiger partial charge in [-0.15, -0.1) is 11.6 Å². The minimum absolute atomic E-state index is 0.123. The number of hydrogen-bond acceptors (Lipinski definition) is 4. The van der Waals surface area contributed by atoms with E-state index in [-0.39, 0.29) is 5.75 Å². The largest absolute Gasteiger partial charge is 0.385 e. The van der Waals surface area contributed by atoms with Crippen molar-refractivity contribution in [2.24, 2.45) is 0 Å². The summed E-state index contributed by atoms with van der Waals surface area (Å²) in [5.41, 5.74) is 0.910. The molecule has 0 radical (unpaired) electrons. The molecule has 0 aliphatic rings. The van der Waals surface area contributed by atoms with Gasteiger partial charge in [-0.05, 0) is 30.7 Å². The fraction of sp³-hybridized carbons (Fsp3) is 0.538. The minimum Gasteiger partial charge on any atom is -0.385 e. The molecule has 0 amide bonds. The lowest BCUT2D eigenvalue weighted by Gasteiger charge is -2.07. The van der Waals surface area contributed by atoms with Crippen LogP contribution in [0.25, 0.3) is 0 Å². The van der Waals surface area contributed by atoms with Gasteiger partial charge in [0, 0.05) is 24.7 Å². The lowest BCUT2D eigenvalue weighted by atomic mass is 10.3. The van der Waals surface area contributed by atoms with Gasteiger partial charge in [0.15, 0.2) is 9.84 Å². The molecule has 0 aliphatic heterocycles. The predicted octanol–water partition coefficient (Wildman–Crippen LogP) is 2.54. The second-order valence-electron chi connectivity index (χ2n) is 4.01. The topological polar surface area (TPSA) is 55.4 Å². The molecule has 0 atom stereocenters. The maximum atomic E-state index is 11.6. The molecular weight excluding hydrogens is 286 g/mol. The van der Waals surface area contributed by atoms with Crippen LogP contribution in [0.5, 0.6) is 0 Å². The smallest absolute Gasteiger partial charge is 0.178 e. The molecule has 1 rings (SSSR count). The van der Waals surface area contributed by atoms with Crippen LogP contribution in [0.1, 0.15) is 13.3 Å². The number of benzene rings is 1. The third kappa shape index (κ3) is 5.80. The molecule has 0 aromatic heterocycles. The molecule has 1 N–H and O–H groups in total. The third-order valence-electron chi connectivity index (χ3n) is 2.61. The van der Waals surface area contributed by atoms with Crippen molar-refractivity contribution >= 4 is 27.1 Å². The maximum absolute atomic E-state index is 11.6. The molecule has 4 nitrogen and oxygen atoms in total. The van der Waals surface area contributed by atoms with Gasteiger partial charge in [0.1, 0.15) is 0 Å². The first-order valence-electron chi connectivity index (χ1n) is 6.30. The Kier molecular flexibility index (Phi) is 7.20. The molecule has 19 heavy (non-hydrogen) atoms. The number of alkyl halides is 1. The van der Waals surface area contributed by atoms with Gasteiger partial charge in [-0.2, -0.15) is 0 Å². The summed E-state index contributed by atoms with van der Waals surface area (Å²) in [6.45, 7) is 3.66. The fourth-order valence-corrected chi connectivity index (χ4v) is 2.50. The highest BCUT2D eigenvalue weighted by Crippen LogP contribution is 2.15. The van der Waals surface area contributed by atoms with Crippen LogP contribution < -0.4 is 5.32 Å². The minimum atomic E-state index is -3.11. The molecular formula is C13H20ClNO3S. The van der Waals surface area contributed by atoms with Gasteiger partial charge in [-0.1, -0.05) is 6.92 Å². The van der Waals surface area contributed by atoms with Crippen molar-refractivity contribution in [2.45, 2.75) is 18.2 Å². The number of ether oxygens (including phenoxy) is 1. The number of hydrogen-bond donors (Lipinski definition) is 1. The molecule has 0 saturated heterocycles. The lowest BCUT2D eigenvalue weighted by molar-refractivity contribution is 0.149. The number of halogens is 1. The summed E-state index contributed by atoms with van der Waals surface area (Å²) >= 11 is 5.48. The van der Waals surface area contributed by atoms with Gasteiger partial charge in [0.05, 0.1) is 17.3 Å². The Morgan fingerprint density at radius 3 is 2.47 bits per heavy atom. The first-order chi connectivity index (χ1) is 9.10. The van der Waals surface area contributed by atoms with Crippen LogP contribution in [0.4, 0.5) is 5.69 Å². The van der Waals surface area contributed by atoms with E-state index < -0.39 is 9.84 Å². The summed E-state index contributed by atoms with van der Waals surface area (Å²) in [4.78, 5) is 0.367. The van der Waals surface area contributed by atoms with Gasteiger partial charge < -0.3 is 10.1 Å². The summed E-state index contributed by atoms with van der Waals surface area (Å²) in [5, 5.41) is 3.21. The number of anilines is 1. The first-order valence-corrected chi connectivity index (χ1v) is 8.49. The molecule has 108 valence electrons. The van der Waals surface area contributed by atoms with Crippen LogP contribution in [-0.4, -0.2) is 39.8 Å². The molecule has 0 aliphatic carbocycles. The highest BCUT2D eigenvalue weighted by Gasteiger charge is 2.10. The van der Waals surface area contributed by atoms with Crippen molar-refractivity contribution in [3.63, 3.8) is 0 Å². The van der Waals surface area contributed by atoms with Gasteiger partial charge in [0.2, 0.25) is 0 Å². The van der Waals surface area contributed by atoms with E-state index in [2.05, 4.69) is 5.32 Å². The van der Waals surface area contributed by atoms with E-state index in [1.807, 2.05) is 0 Å². The third-order valence-corrected chi connectivity index (χ3v) is 4.51. The van der Waals surface area contributed by atoms with Crippen molar-refractivity contribution in [3.8, 4) is 0 Å². The van der Waals surface area contributed by atoms with E-state index in [1.54, 1.807) is 31.2 Å². The van der Waals surface area contributed by atoms with Crippen LogP contribution in [-0.2, 0) is 14.6 Å². The summed E-state index contributed by atoms with van der Waals surface area (Å²) in [6, 6.07) is 6.82. The summed E-state index contributed by atoms with van der Waals surface area (Å²) in [7, 11) is -3.11. The molecule has 6 heteroatoms. The molecule has 0 unspecified atom stereocenters. The Hall–Kier alpha value is -0.780. The van der Waals surface area contributed by atoms with Gasteiger partial charge >= 0.3 is 0 Å². The Morgan fingerprint density at radius 1 is 1.21 bits per heavy atom. The number of nitrogens with one attached hydrogen (secondary N) is 1. The van der Waals surface area contributed by atoms with Gasteiger partial charge in [-0.3, -0.25) is 0 Å². The average molecular weight is 306 g/mol. The highest BCUT2D eigenvalue weighted by molar-refractivity contribution is 7.91. The van der Waals surface area contributed by atoms with Crippen molar-refractivity contribution in [1.29, 1.82) is 0 Å². The van der Waals surface area contributed by atoms with Crippen molar-refractivity contribution < 1.29 is 13.2 Å². The number of sulfone groups is 1.